The number of rotatable bonds is 1. The summed E-state index contributed by atoms with van der Waals surface area (Å²) in [5.41, 5.74) is 0.606. The molecule has 0 bridgehead atoms. The molecule has 0 spiro atoms. The van der Waals surface area contributed by atoms with Gasteiger partial charge in [-0.25, -0.2) is 0 Å². The lowest BCUT2D eigenvalue weighted by atomic mass is 9.73. The Labute approximate surface area is 126 Å². The SMILES string of the molecule is CC1CC(C)(C)CCCC(C)(C2CCCCCCC2)O1. The van der Waals surface area contributed by atoms with E-state index < -0.39 is 0 Å². The molecule has 1 aliphatic heterocycles. The van der Waals surface area contributed by atoms with E-state index in [0.717, 1.165) is 5.92 Å². The molecule has 2 fully saturated rings. The van der Waals surface area contributed by atoms with Gasteiger partial charge in [-0.2, -0.15) is 0 Å². The van der Waals surface area contributed by atoms with Gasteiger partial charge in [0.25, 0.3) is 0 Å². The van der Waals surface area contributed by atoms with Gasteiger partial charge in [-0.1, -0.05) is 52.4 Å². The number of hydrogen-bond donors (Lipinski definition) is 0. The second kappa shape index (κ2) is 6.81. The average Bonchev–Trinajstić information content (AvgIpc) is 2.24. The van der Waals surface area contributed by atoms with Gasteiger partial charge in [0.05, 0.1) is 11.7 Å². The van der Waals surface area contributed by atoms with Crippen LogP contribution in [0.1, 0.15) is 98.3 Å². The number of ether oxygens (including phenoxy) is 1. The van der Waals surface area contributed by atoms with Gasteiger partial charge in [-0.05, 0) is 57.3 Å². The first-order chi connectivity index (χ1) is 9.41. The predicted octanol–water partition coefficient (Wildman–Crippen LogP) is 6.11. The van der Waals surface area contributed by atoms with Crippen LogP contribution in [-0.4, -0.2) is 11.7 Å². The fraction of sp³-hybridized carbons (Fsp3) is 1.00. The summed E-state index contributed by atoms with van der Waals surface area (Å²) in [5, 5.41) is 0. The standard InChI is InChI=1S/C19H36O/c1-16-15-18(2,3)13-10-14-19(4,20-16)17-11-8-6-5-7-9-12-17/h16-17H,5-15H2,1-4H3. The highest BCUT2D eigenvalue weighted by molar-refractivity contribution is 4.89. The van der Waals surface area contributed by atoms with Crippen LogP contribution >= 0.6 is 0 Å². The fourth-order valence-corrected chi connectivity index (χ4v) is 4.73. The molecule has 0 radical (unpaired) electrons. The van der Waals surface area contributed by atoms with Gasteiger partial charge in [0, 0.05) is 0 Å². The molecule has 0 N–H and O–H groups in total. The van der Waals surface area contributed by atoms with Crippen LogP contribution in [0, 0.1) is 11.3 Å². The molecule has 0 aromatic rings. The summed E-state index contributed by atoms with van der Waals surface area (Å²) in [6, 6.07) is 0. The maximum absolute atomic E-state index is 6.65. The van der Waals surface area contributed by atoms with E-state index in [1.807, 2.05) is 0 Å². The van der Waals surface area contributed by atoms with E-state index in [2.05, 4.69) is 27.7 Å². The molecule has 20 heavy (non-hydrogen) atoms. The van der Waals surface area contributed by atoms with E-state index in [1.54, 1.807) is 0 Å². The molecule has 1 saturated carbocycles. The zero-order valence-corrected chi connectivity index (χ0v) is 14.3. The van der Waals surface area contributed by atoms with Crippen LogP contribution in [0.5, 0.6) is 0 Å². The van der Waals surface area contributed by atoms with E-state index >= 15 is 0 Å². The summed E-state index contributed by atoms with van der Waals surface area (Å²) in [6.45, 7) is 9.54. The second-order valence-corrected chi connectivity index (χ2v) is 8.51. The van der Waals surface area contributed by atoms with Gasteiger partial charge in [0.15, 0.2) is 0 Å². The Morgan fingerprint density at radius 1 is 0.800 bits per heavy atom. The van der Waals surface area contributed by atoms with Gasteiger partial charge in [0.1, 0.15) is 0 Å². The summed E-state index contributed by atoms with van der Waals surface area (Å²) in [4.78, 5) is 0. The van der Waals surface area contributed by atoms with Crippen LogP contribution in [0.4, 0.5) is 0 Å². The summed E-state index contributed by atoms with van der Waals surface area (Å²) in [7, 11) is 0. The maximum atomic E-state index is 6.65. The van der Waals surface area contributed by atoms with Gasteiger partial charge < -0.3 is 4.74 Å². The normalized spacial score (nSPS) is 37.5. The monoisotopic (exact) mass is 280 g/mol. The Hall–Kier alpha value is -0.0400. The lowest BCUT2D eigenvalue weighted by Crippen LogP contribution is -2.43. The third kappa shape index (κ3) is 4.48. The Kier molecular flexibility index (Phi) is 5.56. The van der Waals surface area contributed by atoms with E-state index in [9.17, 15) is 0 Å². The van der Waals surface area contributed by atoms with Gasteiger partial charge in [-0.3, -0.25) is 0 Å². The molecule has 0 aromatic heterocycles. The van der Waals surface area contributed by atoms with Crippen LogP contribution in [-0.2, 0) is 4.74 Å². The van der Waals surface area contributed by atoms with E-state index in [4.69, 9.17) is 4.74 Å². The van der Waals surface area contributed by atoms with Crippen molar-refractivity contribution in [2.45, 2.75) is 110 Å². The molecule has 1 aliphatic carbocycles. The topological polar surface area (TPSA) is 9.23 Å². The van der Waals surface area contributed by atoms with Crippen LogP contribution in [0.25, 0.3) is 0 Å². The molecule has 1 heteroatoms. The predicted molar refractivity (Wildman–Crippen MR) is 87.0 cm³/mol. The van der Waals surface area contributed by atoms with Crippen molar-refractivity contribution in [2.24, 2.45) is 11.3 Å². The van der Waals surface area contributed by atoms with Crippen molar-refractivity contribution in [2.75, 3.05) is 0 Å². The fourth-order valence-electron chi connectivity index (χ4n) is 4.73. The third-order valence-electron chi connectivity index (χ3n) is 5.81. The van der Waals surface area contributed by atoms with Crippen molar-refractivity contribution in [1.82, 2.24) is 0 Å². The lowest BCUT2D eigenvalue weighted by molar-refractivity contribution is -0.140. The van der Waals surface area contributed by atoms with Gasteiger partial charge in [0.2, 0.25) is 0 Å². The smallest absolute Gasteiger partial charge is 0.0686 e. The lowest BCUT2D eigenvalue weighted by Gasteiger charge is -2.44. The van der Waals surface area contributed by atoms with Crippen molar-refractivity contribution in [3.8, 4) is 0 Å². The molecule has 1 heterocycles. The molecule has 2 aliphatic rings. The van der Waals surface area contributed by atoms with Gasteiger partial charge >= 0.3 is 0 Å². The van der Waals surface area contributed by atoms with Crippen LogP contribution < -0.4 is 0 Å². The molecule has 0 aromatic carbocycles. The first-order valence-corrected chi connectivity index (χ1v) is 9.09. The zero-order valence-electron chi connectivity index (χ0n) is 14.3. The highest BCUT2D eigenvalue weighted by atomic mass is 16.5. The Balaban J connectivity index is 2.03. The Morgan fingerprint density at radius 3 is 2.05 bits per heavy atom. The van der Waals surface area contributed by atoms with E-state index in [-0.39, 0.29) is 5.60 Å². The second-order valence-electron chi connectivity index (χ2n) is 8.51. The Morgan fingerprint density at radius 2 is 1.40 bits per heavy atom. The molecule has 2 unspecified atom stereocenters. The maximum Gasteiger partial charge on any atom is 0.0686 e. The Bertz CT molecular complexity index is 288. The molecule has 2 atom stereocenters. The molecule has 1 nitrogen and oxygen atoms in total. The van der Waals surface area contributed by atoms with Crippen molar-refractivity contribution in [3.63, 3.8) is 0 Å². The van der Waals surface area contributed by atoms with Crippen molar-refractivity contribution < 1.29 is 4.74 Å². The zero-order chi connectivity index (χ0) is 14.6. The van der Waals surface area contributed by atoms with Crippen molar-refractivity contribution in [1.29, 1.82) is 0 Å². The molecule has 118 valence electrons. The summed E-state index contributed by atoms with van der Waals surface area (Å²) < 4.78 is 6.65. The quantitative estimate of drug-likeness (QED) is 0.563. The average molecular weight is 280 g/mol. The van der Waals surface area contributed by atoms with E-state index in [0.29, 0.717) is 11.5 Å². The summed E-state index contributed by atoms with van der Waals surface area (Å²) in [6.07, 6.45) is 15.6. The highest BCUT2D eigenvalue weighted by Crippen LogP contribution is 2.42. The van der Waals surface area contributed by atoms with Crippen LogP contribution in [0.15, 0.2) is 0 Å². The van der Waals surface area contributed by atoms with Crippen molar-refractivity contribution in [3.05, 3.63) is 0 Å². The largest absolute Gasteiger partial charge is 0.372 e. The minimum absolute atomic E-state index is 0.146. The minimum atomic E-state index is 0.146. The first kappa shape index (κ1) is 16.3. The highest BCUT2D eigenvalue weighted by Gasteiger charge is 2.39. The molecule has 0 amide bonds. The molecular formula is C19H36O. The molecule has 2 rings (SSSR count). The minimum Gasteiger partial charge on any atom is -0.372 e. The third-order valence-corrected chi connectivity index (χ3v) is 5.81. The first-order valence-electron chi connectivity index (χ1n) is 9.09. The van der Waals surface area contributed by atoms with Crippen molar-refractivity contribution >= 4 is 0 Å². The number of hydrogen-bond acceptors (Lipinski definition) is 1. The van der Waals surface area contributed by atoms with Gasteiger partial charge in [-0.15, -0.1) is 0 Å². The van der Waals surface area contributed by atoms with Crippen LogP contribution in [0.3, 0.4) is 0 Å². The van der Waals surface area contributed by atoms with Crippen LogP contribution in [0.2, 0.25) is 0 Å². The summed E-state index contributed by atoms with van der Waals surface area (Å²) >= 11 is 0. The summed E-state index contributed by atoms with van der Waals surface area (Å²) in [5.74, 6) is 0.798. The van der Waals surface area contributed by atoms with E-state index in [1.165, 1.54) is 70.6 Å². The molecular weight excluding hydrogens is 244 g/mol. The molecule has 1 saturated heterocycles.